The van der Waals surface area contributed by atoms with Crippen molar-refractivity contribution in [2.45, 2.75) is 19.4 Å². The first-order valence-corrected chi connectivity index (χ1v) is 8.48. The van der Waals surface area contributed by atoms with E-state index in [9.17, 15) is 13.2 Å². The van der Waals surface area contributed by atoms with Crippen LogP contribution >= 0.6 is 0 Å². The smallest absolute Gasteiger partial charge is 0.233 e. The summed E-state index contributed by atoms with van der Waals surface area (Å²) in [5.41, 5.74) is 0.791. The maximum atomic E-state index is 11.8. The number of hydrogen-bond acceptors (Lipinski definition) is 4. The van der Waals surface area contributed by atoms with Crippen LogP contribution in [0.3, 0.4) is 0 Å². The monoisotopic (exact) mass is 326 g/mol. The molecule has 0 bridgehead atoms. The minimum atomic E-state index is -3.55. The lowest BCUT2D eigenvalue weighted by Gasteiger charge is -2.12. The third-order valence-electron chi connectivity index (χ3n) is 2.72. The minimum Gasteiger partial charge on any atom is -0.383 e. The Bertz CT molecular complexity index is 585. The molecule has 0 heterocycles. The molecule has 1 unspecified atom stereocenters. The van der Waals surface area contributed by atoms with Crippen LogP contribution in [0.15, 0.2) is 35.7 Å². The quantitative estimate of drug-likeness (QED) is 0.712. The Morgan fingerprint density at radius 1 is 1.32 bits per heavy atom. The average molecular weight is 326 g/mol. The van der Waals surface area contributed by atoms with E-state index < -0.39 is 10.0 Å². The highest BCUT2D eigenvalue weighted by Crippen LogP contribution is 2.02. The summed E-state index contributed by atoms with van der Waals surface area (Å²) in [5.74, 6) is -0.223. The minimum absolute atomic E-state index is 0.0486. The molecule has 7 heteroatoms. The molecule has 2 N–H and O–H groups in total. The van der Waals surface area contributed by atoms with Gasteiger partial charge in [0.05, 0.1) is 6.61 Å². The molecule has 0 spiro atoms. The van der Waals surface area contributed by atoms with Gasteiger partial charge in [0, 0.05) is 31.5 Å². The van der Waals surface area contributed by atoms with Crippen LogP contribution < -0.4 is 10.0 Å². The summed E-state index contributed by atoms with van der Waals surface area (Å²) in [6.45, 7) is 2.28. The molecular weight excluding hydrogens is 304 g/mol. The normalized spacial score (nSPS) is 13.2. The van der Waals surface area contributed by atoms with Crippen LogP contribution in [0, 0.1) is 0 Å². The number of methoxy groups -OCH3 is 1. The van der Waals surface area contributed by atoms with Gasteiger partial charge >= 0.3 is 0 Å². The number of carbonyl (C=O) groups excluding carboxylic acids is 1. The van der Waals surface area contributed by atoms with E-state index in [1.165, 1.54) is 6.08 Å². The van der Waals surface area contributed by atoms with Gasteiger partial charge in [-0.25, -0.2) is 13.1 Å². The highest BCUT2D eigenvalue weighted by molar-refractivity contribution is 7.92. The van der Waals surface area contributed by atoms with Crippen molar-refractivity contribution < 1.29 is 17.9 Å². The SMILES string of the molecule is COCC(C)NC(=O)CCNS(=O)(=O)/C=C/c1ccccc1. The zero-order valence-electron chi connectivity index (χ0n) is 12.8. The van der Waals surface area contributed by atoms with Crippen LogP contribution in [0.5, 0.6) is 0 Å². The molecule has 122 valence electrons. The summed E-state index contributed by atoms with van der Waals surface area (Å²) in [6.07, 6.45) is 1.58. The number of hydrogen-bond donors (Lipinski definition) is 2. The van der Waals surface area contributed by atoms with Gasteiger partial charge in [0.2, 0.25) is 15.9 Å². The molecule has 0 aliphatic carbocycles. The predicted octanol–water partition coefficient (Wildman–Crippen LogP) is 1.12. The van der Waals surface area contributed by atoms with Crippen molar-refractivity contribution in [3.63, 3.8) is 0 Å². The molecule has 1 atom stereocenters. The van der Waals surface area contributed by atoms with E-state index >= 15 is 0 Å². The Kier molecular flexibility index (Phi) is 7.79. The molecule has 1 rings (SSSR count). The molecule has 1 amide bonds. The third kappa shape index (κ3) is 7.92. The molecule has 0 aromatic heterocycles. The standard InChI is InChI=1S/C15H22N2O4S/c1-13(12-21-2)17-15(18)8-10-16-22(19,20)11-9-14-6-4-3-5-7-14/h3-7,9,11,13,16H,8,10,12H2,1-2H3,(H,17,18)/b11-9+. The summed E-state index contributed by atoms with van der Waals surface area (Å²) < 4.78 is 30.8. The van der Waals surface area contributed by atoms with E-state index in [-0.39, 0.29) is 24.9 Å². The van der Waals surface area contributed by atoms with E-state index in [1.807, 2.05) is 25.1 Å². The second-order valence-electron chi connectivity index (χ2n) is 4.83. The zero-order valence-corrected chi connectivity index (χ0v) is 13.6. The van der Waals surface area contributed by atoms with Crippen molar-refractivity contribution in [3.05, 3.63) is 41.3 Å². The Hall–Kier alpha value is -1.70. The van der Waals surface area contributed by atoms with Gasteiger partial charge < -0.3 is 10.1 Å². The lowest BCUT2D eigenvalue weighted by molar-refractivity contribution is -0.121. The Balaban J connectivity index is 2.37. The maximum absolute atomic E-state index is 11.8. The fourth-order valence-corrected chi connectivity index (χ4v) is 2.54. The molecular formula is C15H22N2O4S. The fraction of sp³-hybridized carbons (Fsp3) is 0.400. The van der Waals surface area contributed by atoms with Gasteiger partial charge in [0.1, 0.15) is 0 Å². The van der Waals surface area contributed by atoms with Crippen LogP contribution in [-0.4, -0.2) is 40.6 Å². The van der Waals surface area contributed by atoms with E-state index in [0.717, 1.165) is 11.0 Å². The van der Waals surface area contributed by atoms with Crippen LogP contribution in [0.2, 0.25) is 0 Å². The highest BCUT2D eigenvalue weighted by Gasteiger charge is 2.09. The molecule has 0 saturated carbocycles. The average Bonchev–Trinajstić information content (AvgIpc) is 2.46. The summed E-state index contributed by atoms with van der Waals surface area (Å²) in [7, 11) is -2.00. The molecule has 1 aromatic rings. The molecule has 0 radical (unpaired) electrons. The van der Waals surface area contributed by atoms with Gasteiger partial charge in [-0.3, -0.25) is 4.79 Å². The topological polar surface area (TPSA) is 84.5 Å². The number of rotatable bonds is 9. The summed E-state index contributed by atoms with van der Waals surface area (Å²) in [6, 6.07) is 9.00. The number of sulfonamides is 1. The second-order valence-corrected chi connectivity index (χ2v) is 6.48. The second kappa shape index (κ2) is 9.34. The van der Waals surface area contributed by atoms with Gasteiger partial charge in [0.15, 0.2) is 0 Å². The number of nitrogens with one attached hydrogen (secondary N) is 2. The number of ether oxygens (including phenoxy) is 1. The van der Waals surface area contributed by atoms with Gasteiger partial charge in [-0.2, -0.15) is 0 Å². The third-order valence-corrected chi connectivity index (χ3v) is 3.82. The van der Waals surface area contributed by atoms with Crippen LogP contribution in [0.4, 0.5) is 0 Å². The van der Waals surface area contributed by atoms with Gasteiger partial charge in [-0.15, -0.1) is 0 Å². The van der Waals surface area contributed by atoms with Gasteiger partial charge in [-0.1, -0.05) is 30.3 Å². The van der Waals surface area contributed by atoms with Crippen molar-refractivity contribution in [2.24, 2.45) is 0 Å². The van der Waals surface area contributed by atoms with Crippen LogP contribution in [0.25, 0.3) is 6.08 Å². The largest absolute Gasteiger partial charge is 0.383 e. The van der Waals surface area contributed by atoms with Gasteiger partial charge in [0.25, 0.3) is 0 Å². The van der Waals surface area contributed by atoms with E-state index in [1.54, 1.807) is 19.2 Å². The Morgan fingerprint density at radius 2 is 2.00 bits per heavy atom. The van der Waals surface area contributed by atoms with Crippen LogP contribution in [0.1, 0.15) is 18.9 Å². The summed E-state index contributed by atoms with van der Waals surface area (Å²) >= 11 is 0. The summed E-state index contributed by atoms with van der Waals surface area (Å²) in [4.78, 5) is 11.6. The van der Waals surface area contributed by atoms with E-state index in [4.69, 9.17) is 4.74 Å². The molecule has 0 fully saturated rings. The number of benzene rings is 1. The molecule has 6 nitrogen and oxygen atoms in total. The Labute approximate surface area is 131 Å². The first-order valence-electron chi connectivity index (χ1n) is 6.94. The summed E-state index contributed by atoms with van der Waals surface area (Å²) in [5, 5.41) is 3.80. The molecule has 0 aliphatic heterocycles. The first-order chi connectivity index (χ1) is 10.4. The fourth-order valence-electron chi connectivity index (χ4n) is 1.73. The van der Waals surface area contributed by atoms with Crippen molar-refractivity contribution in [1.29, 1.82) is 0 Å². The van der Waals surface area contributed by atoms with Crippen molar-refractivity contribution in [3.8, 4) is 0 Å². The Morgan fingerprint density at radius 3 is 2.64 bits per heavy atom. The van der Waals surface area contributed by atoms with Gasteiger partial charge in [-0.05, 0) is 18.6 Å². The molecule has 0 saturated heterocycles. The lowest BCUT2D eigenvalue weighted by atomic mass is 10.2. The molecule has 0 aliphatic rings. The number of carbonyl (C=O) groups is 1. The van der Waals surface area contributed by atoms with E-state index in [2.05, 4.69) is 10.0 Å². The van der Waals surface area contributed by atoms with Crippen molar-refractivity contribution in [2.75, 3.05) is 20.3 Å². The zero-order chi connectivity index (χ0) is 16.4. The molecule has 1 aromatic carbocycles. The van der Waals surface area contributed by atoms with Crippen molar-refractivity contribution in [1.82, 2.24) is 10.0 Å². The number of amides is 1. The maximum Gasteiger partial charge on any atom is 0.233 e. The lowest BCUT2D eigenvalue weighted by Crippen LogP contribution is -2.37. The predicted molar refractivity (Wildman–Crippen MR) is 86.5 cm³/mol. The molecule has 22 heavy (non-hydrogen) atoms. The van der Waals surface area contributed by atoms with Crippen molar-refractivity contribution >= 4 is 22.0 Å². The van der Waals surface area contributed by atoms with Crippen LogP contribution in [-0.2, 0) is 19.6 Å². The highest BCUT2D eigenvalue weighted by atomic mass is 32.2. The van der Waals surface area contributed by atoms with E-state index in [0.29, 0.717) is 6.61 Å². The first kappa shape index (κ1) is 18.3.